The van der Waals surface area contributed by atoms with Crippen molar-refractivity contribution < 1.29 is 19.4 Å². The molecular formula is C11H10O5. The number of hydrogen-bond acceptors (Lipinski definition) is 5. The molecule has 0 saturated carbocycles. The van der Waals surface area contributed by atoms with Crippen LogP contribution in [0.3, 0.4) is 0 Å². The third kappa shape index (κ3) is 1.67. The van der Waals surface area contributed by atoms with Gasteiger partial charge in [0, 0.05) is 12.1 Å². The molecule has 1 aromatic heterocycles. The van der Waals surface area contributed by atoms with Gasteiger partial charge in [-0.25, -0.2) is 4.79 Å². The first kappa shape index (κ1) is 10.4. The van der Waals surface area contributed by atoms with Crippen molar-refractivity contribution in [1.82, 2.24) is 0 Å². The van der Waals surface area contributed by atoms with Gasteiger partial charge in [0.25, 0.3) is 0 Å². The molecule has 0 aliphatic carbocycles. The average Bonchev–Trinajstić information content (AvgIpc) is 2.15. The van der Waals surface area contributed by atoms with Crippen LogP contribution in [0, 0.1) is 0 Å². The van der Waals surface area contributed by atoms with Crippen LogP contribution in [-0.4, -0.2) is 16.8 Å². The first-order valence-corrected chi connectivity index (χ1v) is 4.74. The lowest BCUT2D eigenvalue weighted by atomic mass is 10.2. The number of phenolic OH excluding ortho intramolecular Hbond substituents is 1. The van der Waals surface area contributed by atoms with Crippen LogP contribution in [0.5, 0.6) is 17.2 Å². The van der Waals surface area contributed by atoms with Gasteiger partial charge in [-0.05, 0) is 6.92 Å². The number of hydrogen-bond donors (Lipinski definition) is 2. The third-order valence-electron chi connectivity index (χ3n) is 2.09. The van der Waals surface area contributed by atoms with Gasteiger partial charge < -0.3 is 19.4 Å². The summed E-state index contributed by atoms with van der Waals surface area (Å²) in [6, 6.07) is 3.70. The molecule has 0 spiro atoms. The summed E-state index contributed by atoms with van der Waals surface area (Å²) < 4.78 is 10.0. The van der Waals surface area contributed by atoms with E-state index in [1.165, 1.54) is 12.1 Å². The zero-order chi connectivity index (χ0) is 11.7. The Kier molecular flexibility index (Phi) is 2.44. The molecule has 5 heteroatoms. The minimum Gasteiger partial charge on any atom is -0.507 e. The van der Waals surface area contributed by atoms with Crippen LogP contribution in [-0.2, 0) is 0 Å². The highest BCUT2D eigenvalue weighted by molar-refractivity contribution is 5.90. The van der Waals surface area contributed by atoms with E-state index >= 15 is 0 Å². The van der Waals surface area contributed by atoms with E-state index < -0.39 is 5.63 Å². The topological polar surface area (TPSA) is 79.9 Å². The van der Waals surface area contributed by atoms with Crippen molar-refractivity contribution in [2.24, 2.45) is 0 Å². The van der Waals surface area contributed by atoms with Crippen molar-refractivity contribution in [3.63, 3.8) is 0 Å². The molecule has 1 aromatic carbocycles. The van der Waals surface area contributed by atoms with Gasteiger partial charge in [0.15, 0.2) is 0 Å². The minimum absolute atomic E-state index is 0.0912. The van der Waals surface area contributed by atoms with Gasteiger partial charge in [0.1, 0.15) is 28.2 Å². The molecule has 0 bridgehead atoms. The molecule has 0 atom stereocenters. The highest BCUT2D eigenvalue weighted by Crippen LogP contribution is 2.34. The maximum atomic E-state index is 11.0. The fourth-order valence-corrected chi connectivity index (χ4v) is 1.49. The number of aromatic hydroxyl groups is 2. The van der Waals surface area contributed by atoms with Crippen LogP contribution in [0.2, 0.25) is 0 Å². The molecule has 2 rings (SSSR count). The Bertz CT molecular complexity index is 585. The van der Waals surface area contributed by atoms with Gasteiger partial charge in [-0.2, -0.15) is 0 Å². The van der Waals surface area contributed by atoms with E-state index in [1.54, 1.807) is 6.92 Å². The monoisotopic (exact) mass is 222 g/mol. The zero-order valence-corrected chi connectivity index (χ0v) is 8.56. The second kappa shape index (κ2) is 3.77. The smallest absolute Gasteiger partial charge is 0.339 e. The Morgan fingerprint density at radius 1 is 1.25 bits per heavy atom. The molecule has 84 valence electrons. The number of benzene rings is 1. The molecule has 2 N–H and O–H groups in total. The Balaban J connectivity index is 2.76. The summed E-state index contributed by atoms with van der Waals surface area (Å²) in [6.45, 7) is 2.22. The van der Waals surface area contributed by atoms with Gasteiger partial charge in [0.05, 0.1) is 12.7 Å². The fourth-order valence-electron chi connectivity index (χ4n) is 1.49. The minimum atomic E-state index is -0.682. The Hall–Kier alpha value is -2.17. The summed E-state index contributed by atoms with van der Waals surface area (Å²) in [5.74, 6) is -0.129. The zero-order valence-electron chi connectivity index (χ0n) is 8.56. The van der Waals surface area contributed by atoms with Crippen LogP contribution in [0.15, 0.2) is 27.4 Å². The molecule has 0 aliphatic heterocycles. The maximum Gasteiger partial charge on any atom is 0.339 e. The largest absolute Gasteiger partial charge is 0.507 e. The molecule has 0 saturated heterocycles. The van der Waals surface area contributed by atoms with E-state index in [0.717, 1.165) is 6.07 Å². The first-order valence-electron chi connectivity index (χ1n) is 4.74. The summed E-state index contributed by atoms with van der Waals surface area (Å²) in [5.41, 5.74) is -0.591. The highest BCUT2D eigenvalue weighted by Gasteiger charge is 2.11. The maximum absolute atomic E-state index is 11.0. The van der Waals surface area contributed by atoms with Crippen molar-refractivity contribution in [1.29, 1.82) is 0 Å². The molecule has 2 aromatic rings. The quantitative estimate of drug-likeness (QED) is 0.754. The van der Waals surface area contributed by atoms with Gasteiger partial charge in [0.2, 0.25) is 0 Å². The van der Waals surface area contributed by atoms with Gasteiger partial charge >= 0.3 is 5.63 Å². The van der Waals surface area contributed by atoms with Crippen LogP contribution in [0.25, 0.3) is 11.0 Å². The number of ether oxygens (including phenoxy) is 1. The van der Waals surface area contributed by atoms with E-state index in [9.17, 15) is 15.0 Å². The summed E-state index contributed by atoms with van der Waals surface area (Å²) >= 11 is 0. The van der Waals surface area contributed by atoms with Crippen LogP contribution < -0.4 is 10.4 Å². The molecule has 1 heterocycles. The van der Waals surface area contributed by atoms with Crippen molar-refractivity contribution in [3.05, 3.63) is 28.6 Å². The first-order chi connectivity index (χ1) is 7.61. The van der Waals surface area contributed by atoms with Crippen LogP contribution in [0.4, 0.5) is 0 Å². The van der Waals surface area contributed by atoms with E-state index in [2.05, 4.69) is 0 Å². The molecule has 5 nitrogen and oxygen atoms in total. The summed E-state index contributed by atoms with van der Waals surface area (Å²) in [7, 11) is 0. The van der Waals surface area contributed by atoms with Gasteiger partial charge in [-0.15, -0.1) is 0 Å². The fraction of sp³-hybridized carbons (Fsp3) is 0.182. The van der Waals surface area contributed by atoms with Crippen molar-refractivity contribution in [3.8, 4) is 17.2 Å². The second-order valence-electron chi connectivity index (χ2n) is 3.20. The molecule has 0 radical (unpaired) electrons. The molecule has 0 unspecified atom stereocenters. The van der Waals surface area contributed by atoms with E-state index in [0.29, 0.717) is 12.4 Å². The van der Waals surface area contributed by atoms with E-state index in [1.807, 2.05) is 0 Å². The number of rotatable bonds is 2. The third-order valence-corrected chi connectivity index (χ3v) is 2.09. The number of fused-ring (bicyclic) bond motifs is 1. The second-order valence-corrected chi connectivity index (χ2v) is 3.20. The van der Waals surface area contributed by atoms with Crippen molar-refractivity contribution in [2.75, 3.05) is 6.61 Å². The Morgan fingerprint density at radius 2 is 1.94 bits per heavy atom. The van der Waals surface area contributed by atoms with Crippen LogP contribution >= 0.6 is 0 Å². The molecule has 16 heavy (non-hydrogen) atoms. The van der Waals surface area contributed by atoms with Crippen molar-refractivity contribution in [2.45, 2.75) is 6.92 Å². The Morgan fingerprint density at radius 3 is 2.62 bits per heavy atom. The SMILES string of the molecule is CCOc1cc(O)c2c(O)cc(=O)oc2c1. The molecule has 0 amide bonds. The van der Waals surface area contributed by atoms with Gasteiger partial charge in [-0.1, -0.05) is 0 Å². The average molecular weight is 222 g/mol. The van der Waals surface area contributed by atoms with Gasteiger partial charge in [-0.3, -0.25) is 0 Å². The normalized spacial score (nSPS) is 10.6. The predicted molar refractivity (Wildman–Crippen MR) is 57.0 cm³/mol. The lowest BCUT2D eigenvalue weighted by Crippen LogP contribution is -1.97. The standard InChI is InChI=1S/C11H10O5/c1-2-15-6-3-7(12)11-8(13)5-10(14)16-9(11)4-6/h3-5,12-13H,2H2,1H3. The number of phenols is 1. The molecule has 0 aliphatic rings. The van der Waals surface area contributed by atoms with E-state index in [4.69, 9.17) is 9.15 Å². The predicted octanol–water partition coefficient (Wildman–Crippen LogP) is 1.60. The summed E-state index contributed by atoms with van der Waals surface area (Å²) in [5, 5.41) is 19.2. The highest BCUT2D eigenvalue weighted by atomic mass is 16.5. The lowest BCUT2D eigenvalue weighted by Gasteiger charge is -2.06. The lowest BCUT2D eigenvalue weighted by molar-refractivity contribution is 0.337. The summed E-state index contributed by atoms with van der Waals surface area (Å²) in [6.07, 6.45) is 0. The summed E-state index contributed by atoms with van der Waals surface area (Å²) in [4.78, 5) is 11.0. The molecule has 0 fully saturated rings. The van der Waals surface area contributed by atoms with E-state index in [-0.39, 0.29) is 22.5 Å². The molecular weight excluding hydrogens is 212 g/mol. The Labute approximate surface area is 90.5 Å². The van der Waals surface area contributed by atoms with Crippen LogP contribution in [0.1, 0.15) is 6.92 Å². The van der Waals surface area contributed by atoms with Crippen molar-refractivity contribution >= 4 is 11.0 Å².